The van der Waals surface area contributed by atoms with Crippen LogP contribution in [0.5, 0.6) is 5.88 Å². The molecule has 0 aromatic carbocycles. The molecule has 0 atom stereocenters. The molecule has 0 fully saturated rings. The molecule has 1 rings (SSSR count). The summed E-state index contributed by atoms with van der Waals surface area (Å²) in [7, 11) is -1.52. The van der Waals surface area contributed by atoms with Crippen LogP contribution in [0.4, 0.5) is 11.8 Å². The molecule has 0 aliphatic carbocycles. The number of nitrogens with two attached hydrogens (primary N) is 1. The molecule has 1 aromatic rings. The maximum atomic E-state index is 11.3. The van der Waals surface area contributed by atoms with Crippen LogP contribution in [0, 0.1) is 0 Å². The van der Waals surface area contributed by atoms with Crippen LogP contribution in [-0.2, 0) is 9.84 Å². The maximum Gasteiger partial charge on any atom is 0.225 e. The van der Waals surface area contributed by atoms with E-state index in [0.717, 1.165) is 0 Å². The van der Waals surface area contributed by atoms with Crippen LogP contribution in [0.1, 0.15) is 6.92 Å². The normalized spacial score (nSPS) is 11.2. The monoisotopic (exact) mass is 260 g/mol. The first-order valence-electron chi connectivity index (χ1n) is 5.09. The van der Waals surface area contributed by atoms with Crippen LogP contribution in [0.25, 0.3) is 0 Å². The van der Waals surface area contributed by atoms with Crippen molar-refractivity contribution in [2.24, 2.45) is 0 Å². The van der Waals surface area contributed by atoms with Crippen molar-refractivity contribution < 1.29 is 13.2 Å². The highest BCUT2D eigenvalue weighted by atomic mass is 32.2. The highest BCUT2D eigenvalue weighted by Gasteiger charge is 2.07. The first-order chi connectivity index (χ1) is 7.96. The van der Waals surface area contributed by atoms with Crippen LogP contribution in [0.15, 0.2) is 6.07 Å². The van der Waals surface area contributed by atoms with Gasteiger partial charge in [-0.15, -0.1) is 0 Å². The van der Waals surface area contributed by atoms with E-state index in [1.54, 1.807) is 13.0 Å². The number of aromatic nitrogens is 2. The predicted octanol–water partition coefficient (Wildman–Crippen LogP) is -0.0860. The molecular weight excluding hydrogens is 244 g/mol. The second-order valence-corrected chi connectivity index (χ2v) is 5.79. The number of rotatable bonds is 6. The quantitative estimate of drug-likeness (QED) is 0.736. The van der Waals surface area contributed by atoms with Crippen molar-refractivity contribution >= 4 is 21.6 Å². The second-order valence-electron chi connectivity index (χ2n) is 3.32. The minimum Gasteiger partial charge on any atom is -0.481 e. The number of nitrogen functional groups attached to an aromatic ring is 1. The number of hydrogen-bond acceptors (Lipinski definition) is 7. The van der Waals surface area contributed by atoms with Gasteiger partial charge in [-0.2, -0.15) is 9.97 Å². The zero-order valence-electron chi connectivity index (χ0n) is 9.80. The fourth-order valence-corrected chi connectivity index (χ4v) is 1.82. The average molecular weight is 260 g/mol. The van der Waals surface area contributed by atoms with Crippen LogP contribution in [0.2, 0.25) is 0 Å². The molecule has 0 aliphatic heterocycles. The molecule has 0 aliphatic rings. The van der Waals surface area contributed by atoms with Crippen LogP contribution >= 0.6 is 0 Å². The Balaban J connectivity index is 2.61. The number of anilines is 2. The lowest BCUT2D eigenvalue weighted by atomic mass is 10.5. The Kier molecular flexibility index (Phi) is 4.50. The van der Waals surface area contributed by atoms with E-state index in [9.17, 15) is 8.42 Å². The Bertz CT molecular complexity index is 475. The third-order valence-corrected chi connectivity index (χ3v) is 3.79. The van der Waals surface area contributed by atoms with Crippen LogP contribution < -0.4 is 15.8 Å². The topological polar surface area (TPSA) is 107 Å². The molecule has 3 N–H and O–H groups in total. The summed E-state index contributed by atoms with van der Waals surface area (Å²) in [5.41, 5.74) is 5.46. The molecule has 0 bridgehead atoms. The average Bonchev–Trinajstić information content (AvgIpc) is 2.28. The fourth-order valence-electron chi connectivity index (χ4n) is 1.12. The van der Waals surface area contributed by atoms with E-state index in [4.69, 9.17) is 10.5 Å². The van der Waals surface area contributed by atoms with Gasteiger partial charge in [-0.1, -0.05) is 6.92 Å². The lowest BCUT2D eigenvalue weighted by Gasteiger charge is -2.07. The van der Waals surface area contributed by atoms with E-state index in [1.807, 2.05) is 0 Å². The number of nitrogens with one attached hydrogen (secondary N) is 1. The van der Waals surface area contributed by atoms with Gasteiger partial charge in [0, 0.05) is 18.4 Å². The van der Waals surface area contributed by atoms with Crippen molar-refractivity contribution in [3.05, 3.63) is 6.07 Å². The minimum atomic E-state index is -2.98. The summed E-state index contributed by atoms with van der Waals surface area (Å²) in [6.45, 7) is 1.89. The standard InChI is InChI=1S/C9H16N4O3S/c1-3-17(14,15)5-4-11-7-6-8(16-2)13-9(10)12-7/h6H,3-5H2,1-2H3,(H3,10,11,12,13). The SMILES string of the molecule is CCS(=O)(=O)CCNc1cc(OC)nc(N)n1. The summed E-state index contributed by atoms with van der Waals surface area (Å²) >= 11 is 0. The van der Waals surface area contributed by atoms with Crippen molar-refractivity contribution in [2.75, 3.05) is 36.2 Å². The third kappa shape index (κ3) is 4.43. The van der Waals surface area contributed by atoms with E-state index in [-0.39, 0.29) is 24.0 Å². The summed E-state index contributed by atoms with van der Waals surface area (Å²) in [4.78, 5) is 7.72. The van der Waals surface area contributed by atoms with Gasteiger partial charge in [-0.3, -0.25) is 0 Å². The minimum absolute atomic E-state index is 0.0513. The van der Waals surface area contributed by atoms with Gasteiger partial charge in [0.1, 0.15) is 5.82 Å². The molecule has 1 aromatic heterocycles. The van der Waals surface area contributed by atoms with Gasteiger partial charge in [0.2, 0.25) is 11.8 Å². The summed E-state index contributed by atoms with van der Waals surface area (Å²) < 4.78 is 27.4. The Morgan fingerprint density at radius 2 is 2.18 bits per heavy atom. The van der Waals surface area contributed by atoms with Crippen LogP contribution in [0.3, 0.4) is 0 Å². The van der Waals surface area contributed by atoms with Gasteiger partial charge >= 0.3 is 0 Å². The molecule has 96 valence electrons. The Labute approximate surface area is 100 Å². The van der Waals surface area contributed by atoms with Gasteiger partial charge in [-0.25, -0.2) is 8.42 Å². The van der Waals surface area contributed by atoms with Gasteiger partial charge in [0.15, 0.2) is 9.84 Å². The number of methoxy groups -OCH3 is 1. The molecule has 0 spiro atoms. The Morgan fingerprint density at radius 1 is 1.47 bits per heavy atom. The molecule has 0 amide bonds. The Morgan fingerprint density at radius 3 is 2.76 bits per heavy atom. The molecule has 0 saturated heterocycles. The molecule has 0 radical (unpaired) electrons. The number of nitrogens with zero attached hydrogens (tertiary/aromatic N) is 2. The molecule has 1 heterocycles. The summed E-state index contributed by atoms with van der Waals surface area (Å²) in [6.07, 6.45) is 0. The van der Waals surface area contributed by atoms with E-state index in [0.29, 0.717) is 11.7 Å². The molecule has 0 saturated carbocycles. The zero-order valence-corrected chi connectivity index (χ0v) is 10.6. The third-order valence-electron chi connectivity index (χ3n) is 2.09. The fraction of sp³-hybridized carbons (Fsp3) is 0.556. The number of hydrogen-bond donors (Lipinski definition) is 2. The predicted molar refractivity (Wildman–Crippen MR) is 65.8 cm³/mol. The molecule has 0 unspecified atom stereocenters. The maximum absolute atomic E-state index is 11.3. The van der Waals surface area contributed by atoms with Gasteiger partial charge < -0.3 is 15.8 Å². The van der Waals surface area contributed by atoms with Crippen molar-refractivity contribution in [2.45, 2.75) is 6.92 Å². The number of ether oxygens (including phenoxy) is 1. The van der Waals surface area contributed by atoms with E-state index in [2.05, 4.69) is 15.3 Å². The van der Waals surface area contributed by atoms with Crippen LogP contribution in [-0.4, -0.2) is 43.5 Å². The summed E-state index contributed by atoms with van der Waals surface area (Å²) in [5.74, 6) is 1.03. The lowest BCUT2D eigenvalue weighted by Crippen LogP contribution is -2.18. The van der Waals surface area contributed by atoms with Crippen molar-refractivity contribution in [3.8, 4) is 5.88 Å². The number of sulfone groups is 1. The van der Waals surface area contributed by atoms with Crippen molar-refractivity contribution in [1.29, 1.82) is 0 Å². The van der Waals surface area contributed by atoms with E-state index in [1.165, 1.54) is 7.11 Å². The molecule has 7 nitrogen and oxygen atoms in total. The van der Waals surface area contributed by atoms with Gasteiger partial charge in [-0.05, 0) is 0 Å². The van der Waals surface area contributed by atoms with Gasteiger partial charge in [0.05, 0.1) is 12.9 Å². The van der Waals surface area contributed by atoms with E-state index < -0.39 is 9.84 Å². The first kappa shape index (κ1) is 13.5. The first-order valence-corrected chi connectivity index (χ1v) is 6.92. The highest BCUT2D eigenvalue weighted by Crippen LogP contribution is 2.13. The van der Waals surface area contributed by atoms with E-state index >= 15 is 0 Å². The molecular formula is C9H16N4O3S. The Hall–Kier alpha value is -1.57. The summed E-state index contributed by atoms with van der Waals surface area (Å²) in [5, 5.41) is 2.86. The molecule has 8 heteroatoms. The lowest BCUT2D eigenvalue weighted by molar-refractivity contribution is 0.398. The molecule has 17 heavy (non-hydrogen) atoms. The van der Waals surface area contributed by atoms with Crippen molar-refractivity contribution in [1.82, 2.24) is 9.97 Å². The second kappa shape index (κ2) is 5.67. The van der Waals surface area contributed by atoms with Crippen molar-refractivity contribution in [3.63, 3.8) is 0 Å². The summed E-state index contributed by atoms with van der Waals surface area (Å²) in [6, 6.07) is 1.55. The van der Waals surface area contributed by atoms with Gasteiger partial charge in [0.25, 0.3) is 0 Å². The smallest absolute Gasteiger partial charge is 0.225 e. The zero-order chi connectivity index (χ0) is 12.9. The highest BCUT2D eigenvalue weighted by molar-refractivity contribution is 7.91. The largest absolute Gasteiger partial charge is 0.481 e.